The number of hydrogen-bond donors (Lipinski definition) is 1. The van der Waals surface area contributed by atoms with Gasteiger partial charge in [0.15, 0.2) is 0 Å². The molecule has 0 fully saturated rings. The maximum Gasteiger partial charge on any atom is 0.413 e. The van der Waals surface area contributed by atoms with Crippen molar-refractivity contribution in [3.8, 4) is 0 Å². The SMILES string of the molecule is C.CC(OC(=O)Nc1cc2ccccc2cn1)C(C)N(C)C(=O)CCc1cccc(F)c1Cl. The summed E-state index contributed by atoms with van der Waals surface area (Å²) in [4.78, 5) is 30.6. The van der Waals surface area contributed by atoms with Crippen molar-refractivity contribution in [2.24, 2.45) is 0 Å². The average molecular weight is 474 g/mol. The topological polar surface area (TPSA) is 71.5 Å². The number of amides is 2. The first-order chi connectivity index (χ1) is 15.3. The van der Waals surface area contributed by atoms with E-state index < -0.39 is 18.0 Å². The van der Waals surface area contributed by atoms with Gasteiger partial charge in [-0.05, 0) is 43.4 Å². The summed E-state index contributed by atoms with van der Waals surface area (Å²) in [6.07, 6.45) is 0.926. The first-order valence-electron chi connectivity index (χ1n) is 10.3. The lowest BCUT2D eigenvalue weighted by molar-refractivity contribution is -0.133. The van der Waals surface area contributed by atoms with Gasteiger partial charge in [0.25, 0.3) is 0 Å². The number of carbonyl (C=O) groups is 2. The molecule has 6 nitrogen and oxygen atoms in total. The van der Waals surface area contributed by atoms with Crippen LogP contribution in [0.5, 0.6) is 0 Å². The maximum atomic E-state index is 13.6. The second kappa shape index (κ2) is 11.6. The predicted octanol–water partition coefficient (Wildman–Crippen LogP) is 6.08. The normalized spacial score (nSPS) is 12.4. The summed E-state index contributed by atoms with van der Waals surface area (Å²) in [6, 6.07) is 13.6. The monoisotopic (exact) mass is 473 g/mol. The van der Waals surface area contributed by atoms with E-state index in [1.807, 2.05) is 24.3 Å². The molecule has 3 rings (SSSR count). The molecule has 2 amide bonds. The number of fused-ring (bicyclic) bond motifs is 1. The van der Waals surface area contributed by atoms with E-state index in [1.165, 1.54) is 11.0 Å². The molecular formula is C25H29ClFN3O3. The van der Waals surface area contributed by atoms with Gasteiger partial charge in [-0.25, -0.2) is 14.2 Å². The molecule has 176 valence electrons. The lowest BCUT2D eigenvalue weighted by Crippen LogP contribution is -2.43. The Morgan fingerprint density at radius 2 is 1.85 bits per heavy atom. The van der Waals surface area contributed by atoms with Crippen molar-refractivity contribution in [2.45, 2.75) is 46.3 Å². The molecule has 0 spiro atoms. The van der Waals surface area contributed by atoms with Crippen molar-refractivity contribution in [3.05, 3.63) is 71.1 Å². The second-order valence-electron chi connectivity index (χ2n) is 7.61. The Morgan fingerprint density at radius 1 is 1.15 bits per heavy atom. The second-order valence-corrected chi connectivity index (χ2v) is 7.99. The fraction of sp³-hybridized carbons (Fsp3) is 0.320. The zero-order valence-electron chi connectivity index (χ0n) is 18.1. The van der Waals surface area contributed by atoms with Gasteiger partial charge in [-0.3, -0.25) is 10.1 Å². The van der Waals surface area contributed by atoms with Crippen LogP contribution in [-0.4, -0.2) is 41.1 Å². The van der Waals surface area contributed by atoms with E-state index in [-0.39, 0.29) is 30.8 Å². The molecule has 1 N–H and O–H groups in total. The lowest BCUT2D eigenvalue weighted by Gasteiger charge is -2.29. The van der Waals surface area contributed by atoms with Crippen LogP contribution in [0, 0.1) is 5.82 Å². The van der Waals surface area contributed by atoms with E-state index >= 15 is 0 Å². The van der Waals surface area contributed by atoms with Crippen molar-refractivity contribution < 1.29 is 18.7 Å². The van der Waals surface area contributed by atoms with E-state index in [1.54, 1.807) is 45.3 Å². The van der Waals surface area contributed by atoms with Crippen LogP contribution in [0.25, 0.3) is 10.8 Å². The number of carbonyl (C=O) groups excluding carboxylic acids is 2. The Balaban J connectivity index is 0.00000385. The number of rotatable bonds is 7. The lowest BCUT2D eigenvalue weighted by atomic mass is 10.1. The molecule has 2 atom stereocenters. The summed E-state index contributed by atoms with van der Waals surface area (Å²) in [5.74, 6) is -0.290. The molecule has 0 aliphatic carbocycles. The minimum Gasteiger partial charge on any atom is -0.444 e. The van der Waals surface area contributed by atoms with E-state index in [0.29, 0.717) is 17.8 Å². The Bertz CT molecular complexity index is 1130. The third-order valence-corrected chi connectivity index (χ3v) is 5.90. The van der Waals surface area contributed by atoms with Gasteiger partial charge in [0.2, 0.25) is 5.91 Å². The number of pyridine rings is 1. The van der Waals surface area contributed by atoms with E-state index in [2.05, 4.69) is 10.3 Å². The number of ether oxygens (including phenoxy) is 1. The molecule has 2 aromatic carbocycles. The van der Waals surface area contributed by atoms with Crippen molar-refractivity contribution >= 4 is 40.2 Å². The van der Waals surface area contributed by atoms with Gasteiger partial charge in [0, 0.05) is 25.1 Å². The van der Waals surface area contributed by atoms with Gasteiger partial charge in [-0.2, -0.15) is 0 Å². The van der Waals surface area contributed by atoms with Gasteiger partial charge < -0.3 is 9.64 Å². The number of likely N-dealkylation sites (N-methyl/N-ethyl adjacent to an activating group) is 1. The molecule has 1 heterocycles. The van der Waals surface area contributed by atoms with Crippen LogP contribution >= 0.6 is 11.6 Å². The summed E-state index contributed by atoms with van der Waals surface area (Å²) in [6.45, 7) is 3.50. The third kappa shape index (κ3) is 6.65. The highest BCUT2D eigenvalue weighted by molar-refractivity contribution is 6.31. The first kappa shape index (κ1) is 26.1. The number of benzene rings is 2. The van der Waals surface area contributed by atoms with Crippen molar-refractivity contribution in [2.75, 3.05) is 12.4 Å². The number of nitrogens with one attached hydrogen (secondary N) is 1. The van der Waals surface area contributed by atoms with Gasteiger partial charge in [0.1, 0.15) is 17.7 Å². The summed E-state index contributed by atoms with van der Waals surface area (Å²) < 4.78 is 19.0. The number of nitrogens with zero attached hydrogens (tertiary/aromatic N) is 2. The van der Waals surface area contributed by atoms with Gasteiger partial charge >= 0.3 is 6.09 Å². The van der Waals surface area contributed by atoms with Gasteiger partial charge in [-0.15, -0.1) is 0 Å². The van der Waals surface area contributed by atoms with Crippen LogP contribution in [0.4, 0.5) is 15.0 Å². The van der Waals surface area contributed by atoms with Crippen LogP contribution in [-0.2, 0) is 16.0 Å². The van der Waals surface area contributed by atoms with Crippen LogP contribution in [0.1, 0.15) is 33.3 Å². The molecule has 33 heavy (non-hydrogen) atoms. The summed E-state index contributed by atoms with van der Waals surface area (Å²) in [7, 11) is 1.64. The summed E-state index contributed by atoms with van der Waals surface area (Å²) >= 11 is 5.96. The quantitative estimate of drug-likeness (QED) is 0.451. The van der Waals surface area contributed by atoms with E-state index in [9.17, 15) is 14.0 Å². The summed E-state index contributed by atoms with van der Waals surface area (Å²) in [5.41, 5.74) is 0.577. The van der Waals surface area contributed by atoms with Crippen LogP contribution in [0.2, 0.25) is 5.02 Å². The largest absolute Gasteiger partial charge is 0.444 e. The molecule has 0 radical (unpaired) electrons. The molecule has 2 unspecified atom stereocenters. The van der Waals surface area contributed by atoms with Crippen molar-refractivity contribution in [1.29, 1.82) is 0 Å². The number of aryl methyl sites for hydroxylation is 1. The van der Waals surface area contributed by atoms with Crippen molar-refractivity contribution in [1.82, 2.24) is 9.88 Å². The standard InChI is InChI=1S/C24H25ClFN3O3.CH4/c1-15(29(3)22(30)12-11-17-9-6-10-20(26)23(17)25)16(2)32-24(31)28-21-13-18-7-4-5-8-19(18)14-27-21;/h4-10,13-16H,11-12H2,1-3H3,(H,27,28,31);1H4. The number of anilines is 1. The highest BCUT2D eigenvalue weighted by Gasteiger charge is 2.24. The molecule has 0 bridgehead atoms. The molecule has 0 aliphatic heterocycles. The Hall–Kier alpha value is -3.19. The number of hydrogen-bond acceptors (Lipinski definition) is 4. The fourth-order valence-electron chi connectivity index (χ4n) is 3.25. The molecular weight excluding hydrogens is 445 g/mol. The van der Waals surface area contributed by atoms with E-state index in [0.717, 1.165) is 10.8 Å². The molecule has 3 aromatic rings. The number of aromatic nitrogens is 1. The molecule has 0 saturated heterocycles. The zero-order chi connectivity index (χ0) is 23.3. The highest BCUT2D eigenvalue weighted by atomic mass is 35.5. The number of halogens is 2. The maximum absolute atomic E-state index is 13.6. The predicted molar refractivity (Wildman–Crippen MR) is 130 cm³/mol. The summed E-state index contributed by atoms with van der Waals surface area (Å²) in [5, 5.41) is 4.57. The fourth-order valence-corrected chi connectivity index (χ4v) is 3.48. The average Bonchev–Trinajstić information content (AvgIpc) is 2.78. The van der Waals surface area contributed by atoms with Gasteiger partial charge in [-0.1, -0.05) is 55.4 Å². The zero-order valence-corrected chi connectivity index (χ0v) is 18.9. The molecule has 1 aromatic heterocycles. The Labute approximate surface area is 198 Å². The third-order valence-electron chi connectivity index (χ3n) is 5.48. The molecule has 8 heteroatoms. The van der Waals surface area contributed by atoms with E-state index in [4.69, 9.17) is 16.3 Å². The van der Waals surface area contributed by atoms with Gasteiger partial charge in [0.05, 0.1) is 11.1 Å². The smallest absolute Gasteiger partial charge is 0.413 e. The molecule has 0 aliphatic rings. The van der Waals surface area contributed by atoms with Crippen LogP contribution < -0.4 is 5.32 Å². The minimum atomic E-state index is -0.653. The van der Waals surface area contributed by atoms with Crippen LogP contribution in [0.15, 0.2) is 54.7 Å². The minimum absolute atomic E-state index is 0. The Kier molecular flexibility index (Phi) is 9.17. The highest BCUT2D eigenvalue weighted by Crippen LogP contribution is 2.21. The Morgan fingerprint density at radius 3 is 2.58 bits per heavy atom. The first-order valence-corrected chi connectivity index (χ1v) is 10.6. The van der Waals surface area contributed by atoms with Crippen molar-refractivity contribution in [3.63, 3.8) is 0 Å². The molecule has 0 saturated carbocycles. The van der Waals surface area contributed by atoms with Crippen LogP contribution in [0.3, 0.4) is 0 Å².